The number of urea groups is 1. The van der Waals surface area contributed by atoms with Crippen molar-refractivity contribution in [1.82, 2.24) is 15.5 Å². The minimum atomic E-state index is -0.160. The van der Waals surface area contributed by atoms with Gasteiger partial charge in [-0.1, -0.05) is 13.3 Å². The molecule has 0 spiro atoms. The van der Waals surface area contributed by atoms with Crippen molar-refractivity contribution in [3.63, 3.8) is 0 Å². The molecule has 2 amide bonds. The van der Waals surface area contributed by atoms with E-state index in [0.29, 0.717) is 0 Å². The smallest absolute Gasteiger partial charge is 0.315 e. The molecule has 1 aliphatic heterocycles. The standard InChI is InChI=1S/C17H33N3O2/c1-16(2,3)20-10-7-13(8-11-20)18-15(22)19-14-6-5-9-17(14,4)12-21/h13-14,21H,5-12H2,1-4H3,(H2,18,19,22). The zero-order chi connectivity index (χ0) is 16.4. The SMILES string of the molecule is CC1(CO)CCCC1NC(=O)NC1CCN(C(C)(C)C)CC1. The third kappa shape index (κ3) is 4.13. The molecule has 0 aromatic heterocycles. The van der Waals surface area contributed by atoms with Crippen molar-refractivity contribution >= 4 is 6.03 Å². The zero-order valence-corrected chi connectivity index (χ0v) is 14.6. The lowest BCUT2D eigenvalue weighted by atomic mass is 9.86. The number of aliphatic hydroxyl groups is 1. The van der Waals surface area contributed by atoms with Gasteiger partial charge in [0.2, 0.25) is 0 Å². The number of hydrogen-bond acceptors (Lipinski definition) is 3. The van der Waals surface area contributed by atoms with E-state index in [4.69, 9.17) is 0 Å². The Labute approximate surface area is 134 Å². The summed E-state index contributed by atoms with van der Waals surface area (Å²) in [6.07, 6.45) is 5.04. The normalized spacial score (nSPS) is 31.2. The molecule has 0 aromatic rings. The molecule has 128 valence electrons. The second-order valence-corrected chi connectivity index (χ2v) is 8.31. The van der Waals surface area contributed by atoms with E-state index in [1.165, 1.54) is 0 Å². The van der Waals surface area contributed by atoms with E-state index in [9.17, 15) is 9.90 Å². The molecule has 5 nitrogen and oxygen atoms in total. The number of aliphatic hydroxyl groups excluding tert-OH is 1. The molecule has 22 heavy (non-hydrogen) atoms. The number of amides is 2. The third-order valence-electron chi connectivity index (χ3n) is 5.53. The van der Waals surface area contributed by atoms with Crippen LogP contribution >= 0.6 is 0 Å². The number of carbonyl (C=O) groups excluding carboxylic acids is 1. The quantitative estimate of drug-likeness (QED) is 0.748. The van der Waals surface area contributed by atoms with Crippen LogP contribution in [0.2, 0.25) is 0 Å². The fourth-order valence-electron chi connectivity index (χ4n) is 3.75. The van der Waals surface area contributed by atoms with Crippen molar-refractivity contribution in [2.24, 2.45) is 5.41 Å². The van der Waals surface area contributed by atoms with E-state index in [-0.39, 0.29) is 35.7 Å². The first kappa shape index (κ1) is 17.5. The maximum Gasteiger partial charge on any atom is 0.315 e. The van der Waals surface area contributed by atoms with Gasteiger partial charge in [-0.3, -0.25) is 4.90 Å². The molecule has 1 heterocycles. The Bertz CT molecular complexity index is 386. The second kappa shape index (κ2) is 6.75. The zero-order valence-electron chi connectivity index (χ0n) is 14.6. The van der Waals surface area contributed by atoms with Gasteiger partial charge in [-0.15, -0.1) is 0 Å². The van der Waals surface area contributed by atoms with Gasteiger partial charge in [-0.05, 0) is 46.5 Å². The van der Waals surface area contributed by atoms with Gasteiger partial charge in [0.25, 0.3) is 0 Å². The summed E-state index contributed by atoms with van der Waals surface area (Å²) in [7, 11) is 0. The summed E-state index contributed by atoms with van der Waals surface area (Å²) in [4.78, 5) is 14.7. The molecule has 1 aliphatic carbocycles. The Balaban J connectivity index is 1.77. The number of nitrogens with zero attached hydrogens (tertiary/aromatic N) is 1. The summed E-state index contributed by atoms with van der Waals surface area (Å²) in [6.45, 7) is 11.0. The molecule has 3 N–H and O–H groups in total. The van der Waals surface area contributed by atoms with Gasteiger partial charge in [0.15, 0.2) is 0 Å². The maximum atomic E-state index is 12.2. The number of carbonyl (C=O) groups is 1. The highest BCUT2D eigenvalue weighted by atomic mass is 16.3. The van der Waals surface area contributed by atoms with Gasteiger partial charge in [-0.2, -0.15) is 0 Å². The molecule has 2 unspecified atom stereocenters. The van der Waals surface area contributed by atoms with Gasteiger partial charge in [0, 0.05) is 36.1 Å². The highest BCUT2D eigenvalue weighted by Gasteiger charge is 2.39. The molecular weight excluding hydrogens is 278 g/mol. The summed E-state index contributed by atoms with van der Waals surface area (Å²) in [5.74, 6) is 0. The monoisotopic (exact) mass is 311 g/mol. The number of rotatable bonds is 3. The summed E-state index contributed by atoms with van der Waals surface area (Å²) in [5, 5.41) is 15.8. The average Bonchev–Trinajstić information content (AvgIpc) is 2.80. The fraction of sp³-hybridized carbons (Fsp3) is 0.941. The molecule has 0 aromatic carbocycles. The second-order valence-electron chi connectivity index (χ2n) is 8.31. The lowest BCUT2D eigenvalue weighted by Gasteiger charge is -2.41. The Morgan fingerprint density at radius 1 is 1.23 bits per heavy atom. The van der Waals surface area contributed by atoms with Crippen LogP contribution in [0.1, 0.15) is 59.8 Å². The molecule has 2 atom stereocenters. The van der Waals surface area contributed by atoms with Gasteiger partial charge in [0.05, 0.1) is 6.61 Å². The topological polar surface area (TPSA) is 64.6 Å². The van der Waals surface area contributed by atoms with E-state index in [1.54, 1.807) is 0 Å². The molecule has 0 bridgehead atoms. The van der Waals surface area contributed by atoms with Crippen LogP contribution in [0.4, 0.5) is 4.79 Å². The van der Waals surface area contributed by atoms with Crippen LogP contribution in [-0.4, -0.2) is 53.4 Å². The summed E-state index contributed by atoms with van der Waals surface area (Å²) < 4.78 is 0. The number of likely N-dealkylation sites (tertiary alicyclic amines) is 1. The van der Waals surface area contributed by atoms with Gasteiger partial charge < -0.3 is 15.7 Å². The molecule has 1 saturated carbocycles. The van der Waals surface area contributed by atoms with Crippen LogP contribution in [-0.2, 0) is 0 Å². The molecule has 2 rings (SSSR count). The van der Waals surface area contributed by atoms with E-state index >= 15 is 0 Å². The van der Waals surface area contributed by atoms with Crippen molar-refractivity contribution in [3.8, 4) is 0 Å². The van der Waals surface area contributed by atoms with Gasteiger partial charge in [-0.25, -0.2) is 4.79 Å². The molecule has 1 saturated heterocycles. The highest BCUT2D eigenvalue weighted by Crippen LogP contribution is 2.37. The molecule has 0 radical (unpaired) electrons. The van der Waals surface area contributed by atoms with Gasteiger partial charge in [0.1, 0.15) is 0 Å². The van der Waals surface area contributed by atoms with Crippen LogP contribution in [0.15, 0.2) is 0 Å². The van der Waals surface area contributed by atoms with E-state index in [1.807, 2.05) is 0 Å². The number of nitrogens with one attached hydrogen (secondary N) is 2. The number of hydrogen-bond donors (Lipinski definition) is 3. The van der Waals surface area contributed by atoms with E-state index < -0.39 is 0 Å². The van der Waals surface area contributed by atoms with E-state index in [2.05, 4.69) is 43.2 Å². The lowest BCUT2D eigenvalue weighted by molar-refractivity contribution is 0.0962. The van der Waals surface area contributed by atoms with E-state index in [0.717, 1.165) is 45.2 Å². The minimum absolute atomic E-state index is 0.0687. The Kier molecular flexibility index (Phi) is 5.38. The minimum Gasteiger partial charge on any atom is -0.396 e. The Morgan fingerprint density at radius 2 is 1.86 bits per heavy atom. The van der Waals surface area contributed by atoms with Crippen molar-refractivity contribution < 1.29 is 9.90 Å². The summed E-state index contributed by atoms with van der Waals surface area (Å²) in [5.41, 5.74) is 0.0486. The largest absolute Gasteiger partial charge is 0.396 e. The van der Waals surface area contributed by atoms with Crippen molar-refractivity contribution in [2.75, 3.05) is 19.7 Å². The lowest BCUT2D eigenvalue weighted by Crippen LogP contribution is -2.54. The van der Waals surface area contributed by atoms with Crippen LogP contribution in [0, 0.1) is 5.41 Å². The molecule has 5 heteroatoms. The van der Waals surface area contributed by atoms with Crippen molar-refractivity contribution in [1.29, 1.82) is 0 Å². The van der Waals surface area contributed by atoms with Crippen molar-refractivity contribution in [2.45, 2.75) is 77.4 Å². The number of piperidine rings is 1. The first-order valence-corrected chi connectivity index (χ1v) is 8.67. The molecule has 2 fully saturated rings. The maximum absolute atomic E-state index is 12.2. The van der Waals surface area contributed by atoms with Crippen LogP contribution in [0.3, 0.4) is 0 Å². The fourth-order valence-corrected chi connectivity index (χ4v) is 3.75. The van der Waals surface area contributed by atoms with Gasteiger partial charge >= 0.3 is 6.03 Å². The Morgan fingerprint density at radius 3 is 2.41 bits per heavy atom. The average molecular weight is 311 g/mol. The van der Waals surface area contributed by atoms with Crippen LogP contribution < -0.4 is 10.6 Å². The van der Waals surface area contributed by atoms with Crippen LogP contribution in [0.25, 0.3) is 0 Å². The Hall–Kier alpha value is -0.810. The predicted molar refractivity (Wildman–Crippen MR) is 88.8 cm³/mol. The first-order valence-electron chi connectivity index (χ1n) is 8.67. The summed E-state index contributed by atoms with van der Waals surface area (Å²) in [6, 6.07) is 0.285. The first-order chi connectivity index (χ1) is 10.2. The predicted octanol–water partition coefficient (Wildman–Crippen LogP) is 2.10. The highest BCUT2D eigenvalue weighted by molar-refractivity contribution is 5.74. The molecular formula is C17H33N3O2. The van der Waals surface area contributed by atoms with Crippen LogP contribution in [0.5, 0.6) is 0 Å². The molecule has 2 aliphatic rings. The van der Waals surface area contributed by atoms with Crippen molar-refractivity contribution in [3.05, 3.63) is 0 Å². The summed E-state index contributed by atoms with van der Waals surface area (Å²) >= 11 is 0. The third-order valence-corrected chi connectivity index (χ3v) is 5.53.